The zero-order valence-electron chi connectivity index (χ0n) is 21.4. The molecule has 1 amide bonds. The number of rotatable bonds is 9. The minimum atomic E-state index is -0.787. The van der Waals surface area contributed by atoms with Gasteiger partial charge in [0.1, 0.15) is 0 Å². The smallest absolute Gasteiger partial charge is 0.259 e. The molecule has 2 saturated carbocycles. The molecule has 6 nitrogen and oxygen atoms in total. The molecule has 5 rings (SSSR count). The molecule has 0 saturated heterocycles. The van der Waals surface area contributed by atoms with Crippen LogP contribution in [0.1, 0.15) is 96.3 Å². The Bertz CT molecular complexity index is 838. The summed E-state index contributed by atoms with van der Waals surface area (Å²) in [5, 5.41) is 9.03. The average molecular weight is 485 g/mol. The second-order valence-corrected chi connectivity index (χ2v) is 11.4. The number of amides is 1. The van der Waals surface area contributed by atoms with E-state index in [0.717, 1.165) is 57.3 Å². The van der Waals surface area contributed by atoms with Crippen LogP contribution >= 0.6 is 0 Å². The van der Waals surface area contributed by atoms with Crippen LogP contribution in [0, 0.1) is 11.8 Å². The Balaban J connectivity index is 1.41. The molecular weight excluding hydrogens is 440 g/mol. The van der Waals surface area contributed by atoms with Gasteiger partial charge in [0.25, 0.3) is 5.91 Å². The van der Waals surface area contributed by atoms with Crippen molar-refractivity contribution in [2.75, 3.05) is 19.8 Å². The molecule has 194 valence electrons. The van der Waals surface area contributed by atoms with Crippen LogP contribution in [0.2, 0.25) is 0 Å². The van der Waals surface area contributed by atoms with Crippen LogP contribution in [0.15, 0.2) is 28.9 Å². The lowest BCUT2D eigenvalue weighted by Gasteiger charge is -2.46. The number of ether oxygens (including phenoxy) is 2. The largest absolute Gasteiger partial charge is 0.470 e. The van der Waals surface area contributed by atoms with Gasteiger partial charge in [0.05, 0.1) is 6.10 Å². The van der Waals surface area contributed by atoms with Crippen molar-refractivity contribution in [3.05, 3.63) is 23.9 Å². The van der Waals surface area contributed by atoms with Gasteiger partial charge in [0.2, 0.25) is 0 Å². The van der Waals surface area contributed by atoms with E-state index in [0.29, 0.717) is 25.5 Å². The number of aliphatic hydroxyl groups excluding tert-OH is 1. The second kappa shape index (κ2) is 11.2. The number of nitrogens with zero attached hydrogens (tertiary/aromatic N) is 2. The Morgan fingerprint density at radius 1 is 1.09 bits per heavy atom. The van der Waals surface area contributed by atoms with Gasteiger partial charge in [-0.3, -0.25) is 4.79 Å². The van der Waals surface area contributed by atoms with Crippen LogP contribution in [0.25, 0.3) is 0 Å². The summed E-state index contributed by atoms with van der Waals surface area (Å²) < 4.78 is 12.8. The first-order valence-corrected chi connectivity index (χ1v) is 14.3. The van der Waals surface area contributed by atoms with E-state index in [1.165, 1.54) is 49.8 Å². The van der Waals surface area contributed by atoms with Crippen LogP contribution in [-0.2, 0) is 14.3 Å². The molecule has 1 N–H and O–H groups in total. The molecule has 0 aromatic carbocycles. The van der Waals surface area contributed by atoms with Crippen LogP contribution < -0.4 is 0 Å². The summed E-state index contributed by atoms with van der Waals surface area (Å²) in [5.41, 5.74) is 1.75. The predicted molar refractivity (Wildman–Crippen MR) is 137 cm³/mol. The van der Waals surface area contributed by atoms with Crippen LogP contribution in [0.5, 0.6) is 0 Å². The second-order valence-electron chi connectivity index (χ2n) is 11.4. The van der Waals surface area contributed by atoms with Crippen LogP contribution in [0.4, 0.5) is 0 Å². The van der Waals surface area contributed by atoms with E-state index in [1.54, 1.807) is 0 Å². The molecule has 0 spiro atoms. The average Bonchev–Trinajstić information content (AvgIpc) is 3.28. The molecular formula is C29H44N2O4. The lowest BCUT2D eigenvalue weighted by Crippen LogP contribution is -2.59. The number of hydrogen-bond acceptors (Lipinski definition) is 5. The van der Waals surface area contributed by atoms with E-state index in [9.17, 15) is 4.79 Å². The minimum Gasteiger partial charge on any atom is -0.470 e. The Kier molecular flexibility index (Phi) is 7.98. The van der Waals surface area contributed by atoms with Gasteiger partial charge >= 0.3 is 0 Å². The maximum absolute atomic E-state index is 14.3. The molecule has 0 radical (unpaired) electrons. The van der Waals surface area contributed by atoms with Crippen LogP contribution in [0.3, 0.4) is 0 Å². The zero-order valence-corrected chi connectivity index (χ0v) is 21.4. The van der Waals surface area contributed by atoms with E-state index in [1.807, 2.05) is 11.0 Å². The third-order valence-corrected chi connectivity index (χ3v) is 9.04. The lowest BCUT2D eigenvalue weighted by molar-refractivity contribution is -0.139. The number of aliphatic hydroxyl groups is 1. The third-order valence-electron chi connectivity index (χ3n) is 9.04. The van der Waals surface area contributed by atoms with Crippen molar-refractivity contribution in [2.45, 2.75) is 114 Å². The monoisotopic (exact) mass is 484 g/mol. The highest BCUT2D eigenvalue weighted by molar-refractivity contribution is 5.97. The molecule has 2 atom stereocenters. The highest BCUT2D eigenvalue weighted by Gasteiger charge is 2.60. The fourth-order valence-corrected chi connectivity index (χ4v) is 7.25. The van der Waals surface area contributed by atoms with Gasteiger partial charge < -0.3 is 19.5 Å². The Morgan fingerprint density at radius 3 is 2.60 bits per heavy atom. The molecule has 35 heavy (non-hydrogen) atoms. The summed E-state index contributed by atoms with van der Waals surface area (Å²) in [6, 6.07) is 0. The Labute approximate surface area is 210 Å². The van der Waals surface area contributed by atoms with E-state index >= 15 is 0 Å². The summed E-state index contributed by atoms with van der Waals surface area (Å²) in [6.45, 7) is 5.34. The summed E-state index contributed by atoms with van der Waals surface area (Å²) >= 11 is 0. The number of aliphatic imine (C=N–C) groups is 1. The molecule has 0 unspecified atom stereocenters. The first-order chi connectivity index (χ1) is 17.2. The topological polar surface area (TPSA) is 71.4 Å². The van der Waals surface area contributed by atoms with Crippen molar-refractivity contribution in [3.8, 4) is 0 Å². The fraction of sp³-hybridized carbons (Fsp3) is 0.793. The van der Waals surface area contributed by atoms with Crippen molar-refractivity contribution in [2.24, 2.45) is 16.8 Å². The molecule has 2 heterocycles. The fourth-order valence-electron chi connectivity index (χ4n) is 7.25. The first-order valence-electron chi connectivity index (χ1n) is 14.3. The van der Waals surface area contributed by atoms with Crippen molar-refractivity contribution < 1.29 is 19.4 Å². The molecule has 2 aliphatic heterocycles. The number of carbonyl (C=O) groups is 1. The van der Waals surface area contributed by atoms with E-state index in [4.69, 9.17) is 19.6 Å². The summed E-state index contributed by atoms with van der Waals surface area (Å²) in [7, 11) is 0. The highest BCUT2D eigenvalue weighted by atomic mass is 16.5. The van der Waals surface area contributed by atoms with Crippen molar-refractivity contribution in [3.63, 3.8) is 0 Å². The van der Waals surface area contributed by atoms with Gasteiger partial charge in [-0.25, -0.2) is 4.99 Å². The quantitative estimate of drug-likeness (QED) is 0.356. The number of hydrogen-bond donors (Lipinski definition) is 1. The predicted octanol–water partition coefficient (Wildman–Crippen LogP) is 5.31. The van der Waals surface area contributed by atoms with Gasteiger partial charge in [0.15, 0.2) is 17.5 Å². The van der Waals surface area contributed by atoms with Crippen molar-refractivity contribution >= 4 is 11.8 Å². The maximum atomic E-state index is 14.3. The maximum Gasteiger partial charge on any atom is 0.259 e. The Morgan fingerprint density at radius 2 is 1.86 bits per heavy atom. The molecule has 0 aromatic heterocycles. The van der Waals surface area contributed by atoms with Gasteiger partial charge in [-0.15, -0.1) is 6.58 Å². The molecule has 6 heteroatoms. The number of allylic oxidation sites excluding steroid dienone is 1. The van der Waals surface area contributed by atoms with E-state index in [-0.39, 0.29) is 30.6 Å². The summed E-state index contributed by atoms with van der Waals surface area (Å²) in [5.74, 6) is 1.82. The van der Waals surface area contributed by atoms with Gasteiger partial charge in [-0.2, -0.15) is 0 Å². The SMILES string of the molecule is C=CCN1C(=O)[C@]2(CC3CCCCC3)N=C(C3CCC(OCCCO)CC3)O[C@@H]2C2=C1CCCC2. The van der Waals surface area contributed by atoms with Gasteiger partial charge in [0, 0.05) is 31.4 Å². The molecule has 2 fully saturated rings. The van der Waals surface area contributed by atoms with Crippen LogP contribution in [-0.4, -0.2) is 59.3 Å². The third kappa shape index (κ3) is 4.98. The Hall–Kier alpha value is -1.66. The lowest BCUT2D eigenvalue weighted by atomic mass is 9.71. The highest BCUT2D eigenvalue weighted by Crippen LogP contribution is 2.50. The van der Waals surface area contributed by atoms with Gasteiger partial charge in [-0.05, 0) is 75.7 Å². The minimum absolute atomic E-state index is 0.157. The van der Waals surface area contributed by atoms with Crippen molar-refractivity contribution in [1.82, 2.24) is 4.90 Å². The van der Waals surface area contributed by atoms with Gasteiger partial charge in [-0.1, -0.05) is 38.2 Å². The standard InChI is InChI=1S/C29H44N2O4/c1-2-17-31-25-12-7-6-11-24(25)26-29(28(31)33,20-21-9-4-3-5-10-21)30-27(35-26)22-13-15-23(16-14-22)34-19-8-18-32/h2,21-23,26,32H,1,3-20H2/t22?,23?,26-,29-/m1/s1. The number of fused-ring (bicyclic) bond motifs is 2. The number of carbonyl (C=O) groups excluding carboxylic acids is 1. The molecule has 3 aliphatic carbocycles. The molecule has 0 bridgehead atoms. The zero-order chi connectivity index (χ0) is 24.3. The summed E-state index contributed by atoms with van der Waals surface area (Å²) in [6.07, 6.45) is 17.9. The van der Waals surface area contributed by atoms with E-state index < -0.39 is 5.54 Å². The first kappa shape index (κ1) is 25.0. The molecule has 0 aromatic rings. The molecule has 5 aliphatic rings. The summed E-state index contributed by atoms with van der Waals surface area (Å²) in [4.78, 5) is 21.6. The normalized spacial score (nSPS) is 33.7. The van der Waals surface area contributed by atoms with Crippen molar-refractivity contribution in [1.29, 1.82) is 0 Å². The van der Waals surface area contributed by atoms with E-state index in [2.05, 4.69) is 6.58 Å².